The molecule has 0 saturated heterocycles. The normalized spacial score (nSPS) is 10.6. The number of ether oxygens (including phenoxy) is 1. The van der Waals surface area contributed by atoms with Crippen molar-refractivity contribution in [3.8, 4) is 35.3 Å². The van der Waals surface area contributed by atoms with E-state index in [1.165, 1.54) is 0 Å². The first-order chi connectivity index (χ1) is 17.5. The van der Waals surface area contributed by atoms with Gasteiger partial charge in [-0.15, -0.1) is 12.3 Å². The van der Waals surface area contributed by atoms with Gasteiger partial charge in [0.05, 0.1) is 18.7 Å². The van der Waals surface area contributed by atoms with Crippen molar-refractivity contribution in [2.45, 2.75) is 32.7 Å². The second-order valence-corrected chi connectivity index (χ2v) is 8.40. The standard InChI is InChI=1S/C31H30N2O3/c1-3-4-5-9-17-36-30-19-26(23(2)18-27(30)21-33-22-31(34)35)16-15-25-13-10-14-28(29(25)20-32)24-11-7-6-8-12-24/h1,6-8,10-16,18-19,33H,4-5,9,17,21-22H2,2H3,(H,34,35)/b16-15+. The van der Waals surface area contributed by atoms with E-state index in [1.807, 2.05) is 79.7 Å². The summed E-state index contributed by atoms with van der Waals surface area (Å²) in [6.07, 6.45) is 11.7. The molecule has 0 amide bonds. The van der Waals surface area contributed by atoms with Crippen molar-refractivity contribution in [1.82, 2.24) is 5.32 Å². The predicted octanol–water partition coefficient (Wildman–Crippen LogP) is 6.06. The molecule has 0 unspecified atom stereocenters. The molecule has 0 aromatic heterocycles. The molecule has 5 heteroatoms. The highest BCUT2D eigenvalue weighted by Crippen LogP contribution is 2.29. The number of aliphatic carboxylic acids is 1. The molecule has 182 valence electrons. The molecule has 3 aromatic rings. The van der Waals surface area contributed by atoms with E-state index in [0.29, 0.717) is 30.9 Å². The Morgan fingerprint density at radius 3 is 2.58 bits per heavy atom. The molecule has 0 aliphatic heterocycles. The van der Waals surface area contributed by atoms with E-state index in [4.69, 9.17) is 16.3 Å². The molecule has 0 spiro atoms. The minimum absolute atomic E-state index is 0.128. The van der Waals surface area contributed by atoms with Crippen LogP contribution in [0.1, 0.15) is 47.1 Å². The summed E-state index contributed by atoms with van der Waals surface area (Å²) in [6.45, 7) is 2.78. The van der Waals surface area contributed by atoms with Gasteiger partial charge < -0.3 is 15.2 Å². The Kier molecular flexibility index (Phi) is 9.89. The van der Waals surface area contributed by atoms with Crippen LogP contribution in [-0.4, -0.2) is 24.2 Å². The smallest absolute Gasteiger partial charge is 0.317 e. The Balaban J connectivity index is 1.89. The Morgan fingerprint density at radius 2 is 1.86 bits per heavy atom. The summed E-state index contributed by atoms with van der Waals surface area (Å²) in [6, 6.07) is 22.1. The second kappa shape index (κ2) is 13.5. The van der Waals surface area contributed by atoms with Crippen LogP contribution in [0.15, 0.2) is 60.7 Å². The fourth-order valence-electron chi connectivity index (χ4n) is 3.90. The molecule has 0 atom stereocenters. The molecule has 0 aliphatic carbocycles. The van der Waals surface area contributed by atoms with Gasteiger partial charge in [0.1, 0.15) is 11.8 Å². The topological polar surface area (TPSA) is 82.3 Å². The fraction of sp³-hybridized carbons (Fsp3) is 0.226. The van der Waals surface area contributed by atoms with Crippen LogP contribution < -0.4 is 10.1 Å². The molecule has 3 aromatic carbocycles. The number of nitriles is 1. The predicted molar refractivity (Wildman–Crippen MR) is 144 cm³/mol. The lowest BCUT2D eigenvalue weighted by Gasteiger charge is -2.15. The van der Waals surface area contributed by atoms with Crippen molar-refractivity contribution in [2.75, 3.05) is 13.2 Å². The summed E-state index contributed by atoms with van der Waals surface area (Å²) in [7, 11) is 0. The molecule has 0 radical (unpaired) electrons. The first-order valence-corrected chi connectivity index (χ1v) is 11.9. The number of unbranched alkanes of at least 4 members (excludes halogenated alkanes) is 2. The summed E-state index contributed by atoms with van der Waals surface area (Å²) in [5.74, 6) is 2.43. The molecule has 2 N–H and O–H groups in total. The molecule has 0 fully saturated rings. The third-order valence-corrected chi connectivity index (χ3v) is 5.75. The maximum Gasteiger partial charge on any atom is 0.317 e. The third kappa shape index (κ3) is 7.34. The fourth-order valence-corrected chi connectivity index (χ4v) is 3.90. The Morgan fingerprint density at radius 1 is 1.08 bits per heavy atom. The quantitative estimate of drug-likeness (QED) is 0.188. The van der Waals surface area contributed by atoms with Gasteiger partial charge in [-0.05, 0) is 48.1 Å². The number of carboxylic acid groups (broad SMARTS) is 1. The Labute approximate surface area is 213 Å². The lowest BCUT2D eigenvalue weighted by Crippen LogP contribution is -2.22. The number of benzene rings is 3. The van der Waals surface area contributed by atoms with Crippen LogP contribution in [0.25, 0.3) is 23.3 Å². The Hall–Kier alpha value is -4.32. The lowest BCUT2D eigenvalue weighted by molar-refractivity contribution is -0.136. The van der Waals surface area contributed by atoms with Crippen molar-refractivity contribution in [3.05, 3.63) is 88.5 Å². The molecule has 0 saturated carbocycles. The SMILES string of the molecule is C#CCCCCOc1cc(/C=C/c2cccc(-c3ccccc3)c2C#N)c(C)cc1CNCC(=O)O. The number of nitrogens with zero attached hydrogens (tertiary/aromatic N) is 1. The van der Waals surface area contributed by atoms with E-state index in [9.17, 15) is 10.1 Å². The number of aryl methyl sites for hydroxylation is 1. The average Bonchev–Trinajstić information content (AvgIpc) is 2.88. The van der Waals surface area contributed by atoms with Crippen molar-refractivity contribution in [2.24, 2.45) is 0 Å². The first-order valence-electron chi connectivity index (χ1n) is 11.9. The van der Waals surface area contributed by atoms with Gasteiger partial charge in [0.15, 0.2) is 0 Å². The zero-order valence-electron chi connectivity index (χ0n) is 20.5. The van der Waals surface area contributed by atoms with Gasteiger partial charge in [0.2, 0.25) is 0 Å². The molecular formula is C31H30N2O3. The van der Waals surface area contributed by atoms with E-state index < -0.39 is 5.97 Å². The number of carboxylic acids is 1. The van der Waals surface area contributed by atoms with Crippen LogP contribution in [-0.2, 0) is 11.3 Å². The number of nitrogens with one attached hydrogen (secondary N) is 1. The number of rotatable bonds is 12. The van der Waals surface area contributed by atoms with E-state index in [2.05, 4.69) is 17.3 Å². The van der Waals surface area contributed by atoms with E-state index in [-0.39, 0.29) is 6.54 Å². The summed E-state index contributed by atoms with van der Waals surface area (Å²) in [4.78, 5) is 10.9. The van der Waals surface area contributed by atoms with Gasteiger partial charge in [0, 0.05) is 24.1 Å². The van der Waals surface area contributed by atoms with Gasteiger partial charge in [-0.2, -0.15) is 5.26 Å². The van der Waals surface area contributed by atoms with E-state index in [1.54, 1.807) is 0 Å². The summed E-state index contributed by atoms with van der Waals surface area (Å²) >= 11 is 0. The highest BCUT2D eigenvalue weighted by Gasteiger charge is 2.11. The maximum atomic E-state index is 10.9. The molecular weight excluding hydrogens is 448 g/mol. The molecule has 0 aliphatic rings. The maximum absolute atomic E-state index is 10.9. The van der Waals surface area contributed by atoms with E-state index in [0.717, 1.165) is 46.2 Å². The summed E-state index contributed by atoms with van der Waals surface area (Å²) < 4.78 is 6.07. The van der Waals surface area contributed by atoms with Crippen LogP contribution >= 0.6 is 0 Å². The zero-order valence-corrected chi connectivity index (χ0v) is 20.5. The number of hydrogen-bond donors (Lipinski definition) is 2. The molecule has 0 bridgehead atoms. The average molecular weight is 479 g/mol. The van der Waals surface area contributed by atoms with Crippen molar-refractivity contribution < 1.29 is 14.6 Å². The van der Waals surface area contributed by atoms with Gasteiger partial charge in [-0.1, -0.05) is 66.7 Å². The third-order valence-electron chi connectivity index (χ3n) is 5.75. The largest absolute Gasteiger partial charge is 0.493 e. The van der Waals surface area contributed by atoms with Crippen LogP contribution in [0, 0.1) is 30.6 Å². The number of terminal acetylenes is 1. The van der Waals surface area contributed by atoms with Crippen molar-refractivity contribution >= 4 is 18.1 Å². The monoisotopic (exact) mass is 478 g/mol. The lowest BCUT2D eigenvalue weighted by atomic mass is 9.95. The highest BCUT2D eigenvalue weighted by atomic mass is 16.5. The van der Waals surface area contributed by atoms with Crippen LogP contribution in [0.4, 0.5) is 0 Å². The number of hydrogen-bond acceptors (Lipinski definition) is 4. The second-order valence-electron chi connectivity index (χ2n) is 8.40. The molecule has 0 heterocycles. The minimum atomic E-state index is -0.908. The van der Waals surface area contributed by atoms with Crippen LogP contribution in [0.5, 0.6) is 5.75 Å². The Bertz CT molecular complexity index is 1300. The highest BCUT2D eigenvalue weighted by molar-refractivity contribution is 5.81. The first kappa shape index (κ1) is 26.3. The van der Waals surface area contributed by atoms with Gasteiger partial charge >= 0.3 is 5.97 Å². The van der Waals surface area contributed by atoms with Gasteiger partial charge in [-0.25, -0.2) is 0 Å². The van der Waals surface area contributed by atoms with Crippen LogP contribution in [0.2, 0.25) is 0 Å². The van der Waals surface area contributed by atoms with Crippen LogP contribution in [0.3, 0.4) is 0 Å². The van der Waals surface area contributed by atoms with Gasteiger partial charge in [-0.3, -0.25) is 4.79 Å². The van der Waals surface area contributed by atoms with E-state index >= 15 is 0 Å². The summed E-state index contributed by atoms with van der Waals surface area (Å²) in [5.41, 5.74) is 6.23. The molecule has 5 nitrogen and oxygen atoms in total. The zero-order chi connectivity index (χ0) is 25.8. The minimum Gasteiger partial charge on any atom is -0.493 e. The molecule has 3 rings (SSSR count). The number of carbonyl (C=O) groups is 1. The van der Waals surface area contributed by atoms with Gasteiger partial charge in [0.25, 0.3) is 0 Å². The van der Waals surface area contributed by atoms with Crippen molar-refractivity contribution in [3.63, 3.8) is 0 Å². The summed E-state index contributed by atoms with van der Waals surface area (Å²) in [5, 5.41) is 21.8. The molecule has 36 heavy (non-hydrogen) atoms. The van der Waals surface area contributed by atoms with Crippen molar-refractivity contribution in [1.29, 1.82) is 5.26 Å².